The van der Waals surface area contributed by atoms with Crippen LogP contribution in [-0.4, -0.2) is 42.2 Å². The van der Waals surface area contributed by atoms with E-state index in [0.29, 0.717) is 19.5 Å². The Balaban J connectivity index is 3.64. The van der Waals surface area contributed by atoms with Gasteiger partial charge in [-0.05, 0) is 6.92 Å². The van der Waals surface area contributed by atoms with Crippen LogP contribution in [0.5, 0.6) is 0 Å². The predicted molar refractivity (Wildman–Crippen MR) is 43.0 cm³/mol. The molecule has 1 amide bonds. The molecule has 0 saturated carbocycles. The Labute approximate surface area is 67.0 Å². The topological polar surface area (TPSA) is 66.6 Å². The van der Waals surface area contributed by atoms with Gasteiger partial charge in [-0.2, -0.15) is 0 Å². The van der Waals surface area contributed by atoms with E-state index in [9.17, 15) is 4.79 Å². The standard InChI is InChI=1S/C7H16N2O2/c1-6(10)5-9(2)7(11)3-4-8/h6,10H,3-5,8H2,1-2H3. The summed E-state index contributed by atoms with van der Waals surface area (Å²) in [6.07, 6.45) is -0.120. The molecule has 1 atom stereocenters. The summed E-state index contributed by atoms with van der Waals surface area (Å²) in [5.41, 5.74) is 5.19. The Morgan fingerprint density at radius 2 is 2.27 bits per heavy atom. The molecular formula is C7H16N2O2. The number of hydrogen-bond acceptors (Lipinski definition) is 3. The van der Waals surface area contributed by atoms with Crippen molar-refractivity contribution in [2.75, 3.05) is 20.1 Å². The van der Waals surface area contributed by atoms with Gasteiger partial charge in [0, 0.05) is 26.6 Å². The molecule has 0 spiro atoms. The van der Waals surface area contributed by atoms with Gasteiger partial charge in [0.2, 0.25) is 5.91 Å². The van der Waals surface area contributed by atoms with E-state index in [4.69, 9.17) is 10.8 Å². The van der Waals surface area contributed by atoms with Crippen molar-refractivity contribution in [3.8, 4) is 0 Å². The van der Waals surface area contributed by atoms with E-state index in [1.54, 1.807) is 14.0 Å². The van der Waals surface area contributed by atoms with Crippen LogP contribution >= 0.6 is 0 Å². The lowest BCUT2D eigenvalue weighted by Crippen LogP contribution is -2.34. The maximum atomic E-state index is 11.0. The third-order valence-electron chi connectivity index (χ3n) is 1.32. The maximum absolute atomic E-state index is 11.0. The lowest BCUT2D eigenvalue weighted by atomic mass is 10.3. The second-order valence-corrected chi connectivity index (χ2v) is 2.66. The summed E-state index contributed by atoms with van der Waals surface area (Å²) in [5, 5.41) is 8.91. The van der Waals surface area contributed by atoms with Crippen LogP contribution in [0.15, 0.2) is 0 Å². The molecular weight excluding hydrogens is 144 g/mol. The summed E-state index contributed by atoms with van der Waals surface area (Å²) in [7, 11) is 1.66. The molecule has 66 valence electrons. The van der Waals surface area contributed by atoms with E-state index < -0.39 is 6.10 Å². The predicted octanol–water partition coefficient (Wildman–Crippen LogP) is -0.826. The van der Waals surface area contributed by atoms with Gasteiger partial charge < -0.3 is 15.7 Å². The minimum Gasteiger partial charge on any atom is -0.392 e. The maximum Gasteiger partial charge on any atom is 0.223 e. The molecule has 0 radical (unpaired) electrons. The quantitative estimate of drug-likeness (QED) is 0.564. The van der Waals surface area contributed by atoms with Gasteiger partial charge in [0.25, 0.3) is 0 Å². The SMILES string of the molecule is CC(O)CN(C)C(=O)CCN. The number of hydrogen-bond donors (Lipinski definition) is 2. The zero-order chi connectivity index (χ0) is 8.85. The molecule has 1 unspecified atom stereocenters. The van der Waals surface area contributed by atoms with Gasteiger partial charge in [0.1, 0.15) is 0 Å². The number of aliphatic hydroxyl groups is 1. The average molecular weight is 160 g/mol. The highest BCUT2D eigenvalue weighted by atomic mass is 16.3. The van der Waals surface area contributed by atoms with Crippen molar-refractivity contribution >= 4 is 5.91 Å². The Kier molecular flexibility index (Phi) is 4.81. The molecule has 0 aromatic carbocycles. The summed E-state index contributed by atoms with van der Waals surface area (Å²) in [6.45, 7) is 2.38. The van der Waals surface area contributed by atoms with Crippen molar-refractivity contribution < 1.29 is 9.90 Å². The highest BCUT2D eigenvalue weighted by molar-refractivity contribution is 5.76. The Bertz CT molecular complexity index is 126. The third-order valence-corrected chi connectivity index (χ3v) is 1.32. The Hall–Kier alpha value is -0.610. The number of nitrogens with zero attached hydrogens (tertiary/aromatic N) is 1. The number of amides is 1. The third kappa shape index (κ3) is 4.75. The van der Waals surface area contributed by atoms with Gasteiger partial charge >= 0.3 is 0 Å². The number of rotatable bonds is 4. The van der Waals surface area contributed by atoms with Crippen LogP contribution in [0.4, 0.5) is 0 Å². The number of likely N-dealkylation sites (N-methyl/N-ethyl adjacent to an activating group) is 1. The normalized spacial score (nSPS) is 12.7. The van der Waals surface area contributed by atoms with Crippen LogP contribution in [0.1, 0.15) is 13.3 Å². The van der Waals surface area contributed by atoms with Gasteiger partial charge in [-0.15, -0.1) is 0 Å². The number of carbonyl (C=O) groups excluding carboxylic acids is 1. The highest BCUT2D eigenvalue weighted by Crippen LogP contribution is 1.91. The zero-order valence-electron chi connectivity index (χ0n) is 7.08. The monoisotopic (exact) mass is 160 g/mol. The van der Waals surface area contributed by atoms with Gasteiger partial charge in [-0.3, -0.25) is 4.79 Å². The molecule has 0 heterocycles. The van der Waals surface area contributed by atoms with Crippen molar-refractivity contribution in [3.63, 3.8) is 0 Å². The largest absolute Gasteiger partial charge is 0.392 e. The Morgan fingerprint density at radius 1 is 1.73 bits per heavy atom. The van der Waals surface area contributed by atoms with Gasteiger partial charge in [-0.25, -0.2) is 0 Å². The lowest BCUT2D eigenvalue weighted by Gasteiger charge is -2.17. The van der Waals surface area contributed by atoms with Crippen LogP contribution in [0.2, 0.25) is 0 Å². The molecule has 3 N–H and O–H groups in total. The molecule has 0 aromatic rings. The first-order valence-electron chi connectivity index (χ1n) is 3.70. The van der Waals surface area contributed by atoms with Gasteiger partial charge in [0.15, 0.2) is 0 Å². The molecule has 0 bridgehead atoms. The summed E-state index contributed by atoms with van der Waals surface area (Å²) < 4.78 is 0. The molecule has 11 heavy (non-hydrogen) atoms. The minimum atomic E-state index is -0.471. The van der Waals surface area contributed by atoms with Crippen LogP contribution in [0.25, 0.3) is 0 Å². The summed E-state index contributed by atoms with van der Waals surface area (Å²) in [6, 6.07) is 0. The van der Waals surface area contributed by atoms with Crippen LogP contribution in [0.3, 0.4) is 0 Å². The molecule has 4 heteroatoms. The van der Waals surface area contributed by atoms with Gasteiger partial charge in [0.05, 0.1) is 6.10 Å². The smallest absolute Gasteiger partial charge is 0.223 e. The molecule has 0 aliphatic carbocycles. The van der Waals surface area contributed by atoms with Crippen LogP contribution in [-0.2, 0) is 4.79 Å². The van der Waals surface area contributed by atoms with Crippen LogP contribution in [0, 0.1) is 0 Å². The first-order chi connectivity index (χ1) is 5.07. The fourth-order valence-corrected chi connectivity index (χ4v) is 0.812. The lowest BCUT2D eigenvalue weighted by molar-refractivity contribution is -0.130. The number of nitrogens with two attached hydrogens (primary N) is 1. The fourth-order valence-electron chi connectivity index (χ4n) is 0.812. The molecule has 0 aliphatic rings. The van der Waals surface area contributed by atoms with E-state index in [1.165, 1.54) is 4.90 Å². The number of aliphatic hydroxyl groups excluding tert-OH is 1. The molecule has 0 rings (SSSR count). The summed E-state index contributed by atoms with van der Waals surface area (Å²) in [5.74, 6) is -0.0200. The minimum absolute atomic E-state index is 0.0200. The summed E-state index contributed by atoms with van der Waals surface area (Å²) in [4.78, 5) is 12.5. The van der Waals surface area contributed by atoms with Crippen LogP contribution < -0.4 is 5.73 Å². The van der Waals surface area contributed by atoms with E-state index in [1.807, 2.05) is 0 Å². The van der Waals surface area contributed by atoms with E-state index in [2.05, 4.69) is 0 Å². The van der Waals surface area contributed by atoms with Crippen molar-refractivity contribution in [3.05, 3.63) is 0 Å². The van der Waals surface area contributed by atoms with E-state index >= 15 is 0 Å². The molecule has 0 saturated heterocycles. The second kappa shape index (κ2) is 5.09. The average Bonchev–Trinajstić information content (AvgIpc) is 1.86. The Morgan fingerprint density at radius 3 is 2.64 bits per heavy atom. The first-order valence-corrected chi connectivity index (χ1v) is 3.70. The fraction of sp³-hybridized carbons (Fsp3) is 0.857. The molecule has 0 fully saturated rings. The van der Waals surface area contributed by atoms with Crippen molar-refractivity contribution in [2.45, 2.75) is 19.4 Å². The van der Waals surface area contributed by atoms with E-state index in [-0.39, 0.29) is 5.91 Å². The highest BCUT2D eigenvalue weighted by Gasteiger charge is 2.08. The van der Waals surface area contributed by atoms with Crippen molar-refractivity contribution in [1.29, 1.82) is 0 Å². The van der Waals surface area contributed by atoms with Gasteiger partial charge in [-0.1, -0.05) is 0 Å². The molecule has 0 aromatic heterocycles. The number of carbonyl (C=O) groups is 1. The van der Waals surface area contributed by atoms with Crippen molar-refractivity contribution in [1.82, 2.24) is 4.90 Å². The second-order valence-electron chi connectivity index (χ2n) is 2.66. The molecule has 0 aliphatic heterocycles. The molecule has 4 nitrogen and oxygen atoms in total. The first kappa shape index (κ1) is 10.4. The van der Waals surface area contributed by atoms with E-state index in [0.717, 1.165) is 0 Å². The zero-order valence-corrected chi connectivity index (χ0v) is 7.08. The summed E-state index contributed by atoms with van der Waals surface area (Å²) >= 11 is 0. The van der Waals surface area contributed by atoms with Crippen molar-refractivity contribution in [2.24, 2.45) is 5.73 Å².